The first-order chi connectivity index (χ1) is 17.0. The first-order valence-corrected chi connectivity index (χ1v) is 10.8. The molecule has 5 aromatic rings. The Morgan fingerprint density at radius 2 is 1.89 bits per heavy atom. The lowest BCUT2D eigenvalue weighted by Gasteiger charge is -2.15. The lowest BCUT2D eigenvalue weighted by Crippen LogP contribution is -2.17. The molecule has 35 heavy (non-hydrogen) atoms. The molecule has 0 unspecified atom stereocenters. The van der Waals surface area contributed by atoms with E-state index in [1.54, 1.807) is 43.0 Å². The predicted molar refractivity (Wildman–Crippen MR) is 129 cm³/mol. The van der Waals surface area contributed by atoms with Crippen molar-refractivity contribution >= 4 is 22.5 Å². The second kappa shape index (κ2) is 9.14. The molecule has 5 N–H and O–H groups in total. The maximum atomic E-state index is 12.2. The highest BCUT2D eigenvalue weighted by atomic mass is 16.5. The van der Waals surface area contributed by atoms with Crippen LogP contribution in [0.3, 0.4) is 0 Å². The number of aryl methyl sites for hydroxylation is 1. The summed E-state index contributed by atoms with van der Waals surface area (Å²) in [6.07, 6.45) is 7.12. The Balaban J connectivity index is 1.54. The summed E-state index contributed by atoms with van der Waals surface area (Å²) in [6.45, 7) is 2.25. The smallest absolute Gasteiger partial charge is 0.316 e. The van der Waals surface area contributed by atoms with E-state index in [1.165, 1.54) is 0 Å². The molecule has 0 aliphatic heterocycles. The quantitative estimate of drug-likeness (QED) is 0.325. The van der Waals surface area contributed by atoms with Crippen molar-refractivity contribution in [1.82, 2.24) is 35.1 Å². The van der Waals surface area contributed by atoms with Gasteiger partial charge in [0.15, 0.2) is 5.69 Å². The van der Waals surface area contributed by atoms with Gasteiger partial charge >= 0.3 is 6.01 Å². The number of anilines is 1. The molecule has 0 aliphatic carbocycles. The van der Waals surface area contributed by atoms with E-state index in [4.69, 9.17) is 16.2 Å². The van der Waals surface area contributed by atoms with Crippen LogP contribution in [0.5, 0.6) is 6.01 Å². The normalized spacial score (nSPS) is 11.0. The number of pyridine rings is 1. The Bertz CT molecular complexity index is 1530. The van der Waals surface area contributed by atoms with E-state index < -0.39 is 5.91 Å². The van der Waals surface area contributed by atoms with Crippen molar-refractivity contribution in [2.24, 2.45) is 5.73 Å². The number of rotatable bonds is 7. The number of nitrogens with one attached hydrogen (secondary N) is 1. The second-order valence-electron chi connectivity index (χ2n) is 7.76. The van der Waals surface area contributed by atoms with E-state index in [0.717, 1.165) is 22.0 Å². The largest absolute Gasteiger partial charge is 0.463 e. The minimum atomic E-state index is -0.740. The number of primary amides is 1. The highest BCUT2D eigenvalue weighted by molar-refractivity contribution is 6.05. The van der Waals surface area contributed by atoms with Crippen molar-refractivity contribution in [3.63, 3.8) is 0 Å². The third kappa shape index (κ3) is 4.34. The number of hydrogen-bond acceptors (Lipinski definition) is 9. The van der Waals surface area contributed by atoms with Gasteiger partial charge in [0.25, 0.3) is 5.91 Å². The molecule has 0 spiro atoms. The van der Waals surface area contributed by atoms with Gasteiger partial charge in [-0.3, -0.25) is 9.89 Å². The molecular formula is C24H21N9O2. The topological polar surface area (TPSA) is 171 Å². The van der Waals surface area contributed by atoms with Crippen molar-refractivity contribution in [3.05, 3.63) is 72.2 Å². The summed E-state index contributed by atoms with van der Waals surface area (Å²) in [7, 11) is 0. The van der Waals surface area contributed by atoms with E-state index in [1.807, 2.05) is 19.1 Å². The molecule has 0 radical (unpaired) electrons. The third-order valence-electron chi connectivity index (χ3n) is 5.47. The zero-order valence-electron chi connectivity index (χ0n) is 18.8. The van der Waals surface area contributed by atoms with Crippen molar-refractivity contribution < 1.29 is 9.53 Å². The Labute approximate surface area is 199 Å². The Hall–Kier alpha value is -4.93. The number of benzene rings is 1. The second-order valence-corrected chi connectivity index (χ2v) is 7.76. The third-order valence-corrected chi connectivity index (χ3v) is 5.47. The van der Waals surface area contributed by atoms with Gasteiger partial charge in [0.2, 0.25) is 0 Å². The van der Waals surface area contributed by atoms with Gasteiger partial charge in [-0.05, 0) is 42.3 Å². The molecular weight excluding hydrogens is 446 g/mol. The fraction of sp³-hybridized carbons (Fsp3) is 0.125. The van der Waals surface area contributed by atoms with Gasteiger partial charge < -0.3 is 16.2 Å². The fourth-order valence-electron chi connectivity index (χ4n) is 3.81. The van der Waals surface area contributed by atoms with Crippen molar-refractivity contribution in [1.29, 1.82) is 0 Å². The maximum Gasteiger partial charge on any atom is 0.316 e. The van der Waals surface area contributed by atoms with Gasteiger partial charge in [-0.25, -0.2) is 19.9 Å². The van der Waals surface area contributed by atoms with Crippen molar-refractivity contribution in [2.75, 3.05) is 12.3 Å². The van der Waals surface area contributed by atoms with Crippen LogP contribution < -0.4 is 16.2 Å². The van der Waals surface area contributed by atoms with Gasteiger partial charge in [0.05, 0.1) is 35.4 Å². The molecule has 4 aromatic heterocycles. The first-order valence-electron chi connectivity index (χ1n) is 10.8. The lowest BCUT2D eigenvalue weighted by atomic mass is 9.94. The summed E-state index contributed by atoms with van der Waals surface area (Å²) in [6, 6.07) is 9.24. The molecule has 0 saturated carbocycles. The number of nitrogen functional groups attached to an aromatic ring is 1. The fourth-order valence-corrected chi connectivity index (χ4v) is 3.81. The molecule has 4 heterocycles. The predicted octanol–water partition coefficient (Wildman–Crippen LogP) is 2.48. The minimum absolute atomic E-state index is 0.0419. The standard InChI is InChI=1S/C24H21N9O2/c1-13-3-4-16-15(12-30-33-16)20(13)14-11-18(31-22(21(14)25)23(26)34)17-5-9-29-24(32-17)35-10-6-19-27-7-2-8-28-19/h2-5,7-9,11-12H,6,10,25H2,1H3,(H2,26,34)(H,30,33). The molecule has 1 amide bonds. The van der Waals surface area contributed by atoms with Crippen LogP contribution >= 0.6 is 0 Å². The molecule has 0 bridgehead atoms. The maximum absolute atomic E-state index is 12.2. The molecule has 1 aromatic carbocycles. The molecule has 11 nitrogen and oxygen atoms in total. The van der Waals surface area contributed by atoms with Crippen molar-refractivity contribution in [2.45, 2.75) is 13.3 Å². The van der Waals surface area contributed by atoms with Crippen LogP contribution in [0.1, 0.15) is 21.9 Å². The zero-order chi connectivity index (χ0) is 24.4. The molecule has 0 aliphatic rings. The number of aromatic amines is 1. The lowest BCUT2D eigenvalue weighted by molar-refractivity contribution is 0.0996. The van der Waals surface area contributed by atoms with Gasteiger partial charge in [0, 0.05) is 36.0 Å². The Morgan fingerprint density at radius 3 is 2.69 bits per heavy atom. The molecule has 11 heteroatoms. The number of hydrogen-bond donors (Lipinski definition) is 3. The van der Waals surface area contributed by atoms with Crippen LogP contribution in [0.25, 0.3) is 33.4 Å². The number of ether oxygens (including phenoxy) is 1. The zero-order valence-corrected chi connectivity index (χ0v) is 18.8. The van der Waals surface area contributed by atoms with Crippen LogP contribution in [-0.2, 0) is 6.42 Å². The van der Waals surface area contributed by atoms with Crippen LogP contribution in [0, 0.1) is 6.92 Å². The number of carbonyl (C=O) groups excluding carboxylic acids is 1. The van der Waals surface area contributed by atoms with E-state index in [9.17, 15) is 4.79 Å². The Morgan fingerprint density at radius 1 is 1.06 bits per heavy atom. The molecule has 0 saturated heterocycles. The van der Waals surface area contributed by atoms with Crippen LogP contribution in [0.2, 0.25) is 0 Å². The van der Waals surface area contributed by atoms with Crippen molar-refractivity contribution in [3.8, 4) is 28.5 Å². The number of amides is 1. The number of nitrogens with two attached hydrogens (primary N) is 2. The summed E-state index contributed by atoms with van der Waals surface area (Å²) in [5, 5.41) is 7.95. The number of H-pyrrole nitrogens is 1. The average molecular weight is 467 g/mol. The Kier molecular flexibility index (Phi) is 5.71. The van der Waals surface area contributed by atoms with Crippen LogP contribution in [0.15, 0.2) is 55.1 Å². The van der Waals surface area contributed by atoms with Gasteiger partial charge in [-0.1, -0.05) is 6.07 Å². The molecule has 174 valence electrons. The van der Waals surface area contributed by atoms with Gasteiger partial charge in [-0.15, -0.1) is 0 Å². The average Bonchev–Trinajstić information content (AvgIpc) is 3.34. The highest BCUT2D eigenvalue weighted by Gasteiger charge is 2.20. The van der Waals surface area contributed by atoms with E-state index >= 15 is 0 Å². The van der Waals surface area contributed by atoms with Crippen LogP contribution in [0.4, 0.5) is 5.69 Å². The minimum Gasteiger partial charge on any atom is -0.463 e. The molecule has 5 rings (SSSR count). The first kappa shape index (κ1) is 21.9. The van der Waals surface area contributed by atoms with E-state index in [-0.39, 0.29) is 17.4 Å². The summed E-state index contributed by atoms with van der Waals surface area (Å²) in [5.74, 6) is -0.0839. The SMILES string of the molecule is Cc1ccc2[nH]ncc2c1-c1cc(-c2ccnc(OCCc3ncccn3)n2)nc(C(N)=O)c1N. The number of aromatic nitrogens is 7. The molecule has 0 fully saturated rings. The van der Waals surface area contributed by atoms with Crippen LogP contribution in [-0.4, -0.2) is 47.6 Å². The number of carbonyl (C=O) groups is 1. The molecule has 0 atom stereocenters. The van der Waals surface area contributed by atoms with Gasteiger partial charge in [-0.2, -0.15) is 10.1 Å². The van der Waals surface area contributed by atoms with E-state index in [2.05, 4.69) is 35.1 Å². The number of fused-ring (bicyclic) bond motifs is 1. The van der Waals surface area contributed by atoms with E-state index in [0.29, 0.717) is 35.8 Å². The number of nitrogens with zero attached hydrogens (tertiary/aromatic N) is 6. The van der Waals surface area contributed by atoms with Gasteiger partial charge in [0.1, 0.15) is 5.82 Å². The monoisotopic (exact) mass is 467 g/mol. The summed E-state index contributed by atoms with van der Waals surface area (Å²) in [5.41, 5.74) is 16.2. The summed E-state index contributed by atoms with van der Waals surface area (Å²) in [4.78, 5) is 33.6. The summed E-state index contributed by atoms with van der Waals surface area (Å²) < 4.78 is 5.70. The highest BCUT2D eigenvalue weighted by Crippen LogP contribution is 2.37. The summed E-state index contributed by atoms with van der Waals surface area (Å²) >= 11 is 0.